The highest BCUT2D eigenvalue weighted by atomic mass is 16.2. The van der Waals surface area contributed by atoms with Crippen LogP contribution in [-0.4, -0.2) is 71.5 Å². The number of likely N-dealkylation sites (N-methyl/N-ethyl adjacent to an activating group) is 1. The Kier molecular flexibility index (Phi) is 4.13. The van der Waals surface area contributed by atoms with Crippen molar-refractivity contribution in [2.75, 3.05) is 31.6 Å². The maximum Gasteiger partial charge on any atom is 0.328 e. The van der Waals surface area contributed by atoms with E-state index in [1.54, 1.807) is 11.9 Å². The molecule has 2 fully saturated rings. The maximum atomic E-state index is 13.1. The molecule has 7 heteroatoms. The zero-order valence-corrected chi connectivity index (χ0v) is 16.6. The zero-order chi connectivity index (χ0) is 19.5. The van der Waals surface area contributed by atoms with Gasteiger partial charge < -0.3 is 14.7 Å². The Hall–Kier alpha value is -2.57. The number of amides is 3. The first-order valence-corrected chi connectivity index (χ1v) is 9.57. The molecule has 4 rings (SSSR count). The Morgan fingerprint density at radius 1 is 1.19 bits per heavy atom. The highest BCUT2D eigenvalue weighted by Crippen LogP contribution is 2.34. The summed E-state index contributed by atoms with van der Waals surface area (Å²) in [5.74, 6) is 0.907. The predicted molar refractivity (Wildman–Crippen MR) is 105 cm³/mol. The summed E-state index contributed by atoms with van der Waals surface area (Å²) in [7, 11) is 1.74. The van der Waals surface area contributed by atoms with Crippen LogP contribution in [0.2, 0.25) is 0 Å². The summed E-state index contributed by atoms with van der Waals surface area (Å²) in [5.41, 5.74) is 3.52. The van der Waals surface area contributed by atoms with Crippen LogP contribution in [0.5, 0.6) is 0 Å². The number of carbonyl (C=O) groups is 2. The van der Waals surface area contributed by atoms with Gasteiger partial charge in [-0.05, 0) is 31.4 Å². The van der Waals surface area contributed by atoms with Crippen molar-refractivity contribution in [3.05, 3.63) is 29.3 Å². The molecular formula is C20H27N5O2. The Morgan fingerprint density at radius 3 is 2.59 bits per heavy atom. The first-order chi connectivity index (χ1) is 12.8. The monoisotopic (exact) mass is 369 g/mol. The van der Waals surface area contributed by atoms with Crippen LogP contribution in [-0.2, 0) is 4.79 Å². The van der Waals surface area contributed by atoms with Crippen molar-refractivity contribution in [3.63, 3.8) is 0 Å². The highest BCUT2D eigenvalue weighted by molar-refractivity contribution is 6.08. The average Bonchev–Trinajstić information content (AvgIpc) is 3.16. The number of benzene rings is 1. The molecular weight excluding hydrogens is 342 g/mol. The van der Waals surface area contributed by atoms with Crippen LogP contribution in [0, 0.1) is 19.8 Å². The Balaban J connectivity index is 1.67. The molecule has 0 aliphatic carbocycles. The molecule has 3 aliphatic rings. The summed E-state index contributed by atoms with van der Waals surface area (Å²) in [6, 6.07) is 5.70. The minimum absolute atomic E-state index is 0.127. The largest absolute Gasteiger partial charge is 0.328 e. The van der Waals surface area contributed by atoms with Crippen molar-refractivity contribution in [3.8, 4) is 0 Å². The lowest BCUT2D eigenvalue weighted by molar-refractivity contribution is -0.137. The van der Waals surface area contributed by atoms with E-state index in [0.29, 0.717) is 6.54 Å². The van der Waals surface area contributed by atoms with Gasteiger partial charge in [0.2, 0.25) is 5.96 Å². The summed E-state index contributed by atoms with van der Waals surface area (Å²) < 4.78 is 0. The molecule has 0 aromatic heterocycles. The SMILES string of the molecule is Cc1ccc(N2CCN3C2=NC2C3C(=O)N(CC(C)C)C(=O)N2C)c(C)c1. The van der Waals surface area contributed by atoms with Crippen molar-refractivity contribution >= 4 is 23.6 Å². The molecule has 2 saturated heterocycles. The van der Waals surface area contributed by atoms with Gasteiger partial charge in [-0.15, -0.1) is 0 Å². The van der Waals surface area contributed by atoms with Crippen LogP contribution in [0.15, 0.2) is 23.2 Å². The summed E-state index contributed by atoms with van der Waals surface area (Å²) in [4.78, 5) is 37.9. The van der Waals surface area contributed by atoms with Crippen molar-refractivity contribution in [2.24, 2.45) is 10.9 Å². The van der Waals surface area contributed by atoms with Crippen molar-refractivity contribution in [1.29, 1.82) is 0 Å². The number of imide groups is 1. The molecule has 144 valence electrons. The fourth-order valence-corrected chi connectivity index (χ4v) is 4.31. The van der Waals surface area contributed by atoms with Gasteiger partial charge in [-0.3, -0.25) is 9.69 Å². The quantitative estimate of drug-likeness (QED) is 0.818. The van der Waals surface area contributed by atoms with E-state index < -0.39 is 12.2 Å². The second-order valence-corrected chi connectivity index (χ2v) is 8.16. The topological polar surface area (TPSA) is 59.5 Å². The van der Waals surface area contributed by atoms with E-state index in [-0.39, 0.29) is 17.9 Å². The Labute approximate surface area is 160 Å². The third kappa shape index (κ3) is 2.67. The molecule has 2 unspecified atom stereocenters. The van der Waals surface area contributed by atoms with Gasteiger partial charge in [-0.25, -0.2) is 9.79 Å². The fourth-order valence-electron chi connectivity index (χ4n) is 4.31. The molecule has 0 radical (unpaired) electrons. The van der Waals surface area contributed by atoms with Crippen LogP contribution in [0.4, 0.5) is 10.5 Å². The molecule has 0 spiro atoms. The lowest BCUT2D eigenvalue weighted by Gasteiger charge is -2.41. The van der Waals surface area contributed by atoms with Gasteiger partial charge in [0.25, 0.3) is 5.91 Å². The molecule has 1 aromatic rings. The number of urea groups is 1. The normalized spacial score (nSPS) is 24.7. The number of nitrogens with zero attached hydrogens (tertiary/aromatic N) is 5. The summed E-state index contributed by atoms with van der Waals surface area (Å²) in [6.07, 6.45) is -0.447. The Bertz CT molecular complexity index is 834. The third-order valence-corrected chi connectivity index (χ3v) is 5.57. The van der Waals surface area contributed by atoms with Crippen LogP contribution in [0.1, 0.15) is 25.0 Å². The average molecular weight is 369 g/mol. The number of guanidine groups is 1. The number of aryl methyl sites for hydroxylation is 2. The highest BCUT2D eigenvalue weighted by Gasteiger charge is 2.54. The van der Waals surface area contributed by atoms with Crippen LogP contribution in [0.25, 0.3) is 0 Å². The van der Waals surface area contributed by atoms with Crippen LogP contribution in [0.3, 0.4) is 0 Å². The van der Waals surface area contributed by atoms with E-state index in [0.717, 1.165) is 24.7 Å². The number of anilines is 1. The smallest absolute Gasteiger partial charge is 0.325 e. The summed E-state index contributed by atoms with van der Waals surface area (Å²) in [6.45, 7) is 10.2. The van der Waals surface area contributed by atoms with E-state index in [1.165, 1.54) is 16.0 Å². The van der Waals surface area contributed by atoms with E-state index in [1.807, 2.05) is 13.8 Å². The number of hydrogen-bond donors (Lipinski definition) is 0. The Morgan fingerprint density at radius 2 is 1.93 bits per heavy atom. The van der Waals surface area contributed by atoms with Crippen molar-refractivity contribution in [1.82, 2.24) is 14.7 Å². The molecule has 0 N–H and O–H groups in total. The molecule has 0 bridgehead atoms. The van der Waals surface area contributed by atoms with E-state index in [4.69, 9.17) is 4.99 Å². The van der Waals surface area contributed by atoms with Gasteiger partial charge >= 0.3 is 6.03 Å². The van der Waals surface area contributed by atoms with E-state index in [2.05, 4.69) is 41.8 Å². The maximum absolute atomic E-state index is 13.1. The van der Waals surface area contributed by atoms with Gasteiger partial charge in [0.15, 0.2) is 12.2 Å². The number of rotatable bonds is 3. The van der Waals surface area contributed by atoms with Gasteiger partial charge in [0.1, 0.15) is 0 Å². The zero-order valence-electron chi connectivity index (χ0n) is 16.6. The van der Waals surface area contributed by atoms with Gasteiger partial charge in [0, 0.05) is 32.4 Å². The molecule has 27 heavy (non-hydrogen) atoms. The number of aliphatic imine (C=N–C) groups is 1. The van der Waals surface area contributed by atoms with E-state index in [9.17, 15) is 9.59 Å². The lowest BCUT2D eigenvalue weighted by Crippen LogP contribution is -2.65. The molecule has 3 heterocycles. The minimum atomic E-state index is -0.447. The van der Waals surface area contributed by atoms with Gasteiger partial charge in [-0.2, -0.15) is 0 Å². The second kappa shape index (κ2) is 6.25. The standard InChI is InChI=1S/C20H27N5O2/c1-12(2)11-25-18(26)16-17(22(5)20(25)27)21-19-23(8-9-24(16)19)15-7-6-13(3)10-14(15)4/h6-7,10,12,16-17H,8-9,11H2,1-5H3. The van der Waals surface area contributed by atoms with Crippen molar-refractivity contribution in [2.45, 2.75) is 39.9 Å². The molecule has 1 aromatic carbocycles. The minimum Gasteiger partial charge on any atom is -0.325 e. The number of hydrogen-bond acceptors (Lipinski definition) is 5. The van der Waals surface area contributed by atoms with Crippen molar-refractivity contribution < 1.29 is 9.59 Å². The molecule has 2 atom stereocenters. The first kappa shape index (κ1) is 17.8. The van der Waals surface area contributed by atoms with Crippen LogP contribution >= 0.6 is 0 Å². The van der Waals surface area contributed by atoms with E-state index >= 15 is 0 Å². The molecule has 7 nitrogen and oxygen atoms in total. The number of carbonyl (C=O) groups excluding carboxylic acids is 2. The predicted octanol–water partition coefficient (Wildman–Crippen LogP) is 2.04. The lowest BCUT2D eigenvalue weighted by atomic mass is 10.1. The van der Waals surface area contributed by atoms with Crippen LogP contribution < -0.4 is 4.90 Å². The molecule has 3 aliphatic heterocycles. The van der Waals surface area contributed by atoms with Gasteiger partial charge in [-0.1, -0.05) is 31.5 Å². The second-order valence-electron chi connectivity index (χ2n) is 8.16. The third-order valence-electron chi connectivity index (χ3n) is 5.57. The fraction of sp³-hybridized carbons (Fsp3) is 0.550. The molecule has 0 saturated carbocycles. The molecule has 3 amide bonds. The summed E-state index contributed by atoms with van der Waals surface area (Å²) >= 11 is 0. The number of fused-ring (bicyclic) bond motifs is 3. The van der Waals surface area contributed by atoms with Gasteiger partial charge in [0.05, 0.1) is 0 Å². The first-order valence-electron chi connectivity index (χ1n) is 9.57. The summed E-state index contributed by atoms with van der Waals surface area (Å²) in [5, 5.41) is 0.